The molecule has 3 aliphatic heterocycles. The lowest BCUT2D eigenvalue weighted by Crippen LogP contribution is -2.47. The van der Waals surface area contributed by atoms with Crippen LogP contribution in [0.3, 0.4) is 0 Å². The number of fused-ring (bicyclic) bond motifs is 3. The number of carbonyl (C=O) groups is 1. The fraction of sp³-hybridized carbons (Fsp3) is 0.542. The number of nitrogens with zero attached hydrogens (tertiary/aromatic N) is 4. The van der Waals surface area contributed by atoms with E-state index in [-0.39, 0.29) is 6.54 Å². The molecule has 2 amide bonds. The summed E-state index contributed by atoms with van der Waals surface area (Å²) in [5, 5.41) is 5.17. The number of nitrogens with one attached hydrogen (secondary N) is 2. The van der Waals surface area contributed by atoms with Gasteiger partial charge in [-0.15, -0.1) is 0 Å². The summed E-state index contributed by atoms with van der Waals surface area (Å²) < 4.78 is 18.1. The number of rotatable bonds is 6. The molecular weight excluding hydrogens is 423 g/mol. The van der Waals surface area contributed by atoms with E-state index in [4.69, 9.17) is 14.7 Å². The van der Waals surface area contributed by atoms with Gasteiger partial charge in [0.1, 0.15) is 12.5 Å². The number of hydrogen-bond donors (Lipinski definition) is 2. The van der Waals surface area contributed by atoms with Crippen LogP contribution in [0.4, 0.5) is 20.7 Å². The van der Waals surface area contributed by atoms with E-state index in [9.17, 15) is 9.18 Å². The zero-order chi connectivity index (χ0) is 22.8. The quantitative estimate of drug-likeness (QED) is 0.698. The van der Waals surface area contributed by atoms with E-state index in [1.807, 2.05) is 24.3 Å². The summed E-state index contributed by atoms with van der Waals surface area (Å²) >= 11 is 0. The molecule has 2 atom stereocenters. The summed E-state index contributed by atoms with van der Waals surface area (Å²) in [5.74, 6) is 1.79. The Morgan fingerprint density at radius 1 is 1.18 bits per heavy atom. The zero-order valence-electron chi connectivity index (χ0n) is 19.0. The maximum atomic E-state index is 12.2. The maximum absolute atomic E-state index is 12.2. The summed E-state index contributed by atoms with van der Waals surface area (Å²) in [6, 6.07) is 7.83. The number of anilines is 2. The number of ether oxygens (including phenoxy) is 1. The first-order chi connectivity index (χ1) is 16.2. The molecule has 176 valence electrons. The van der Waals surface area contributed by atoms with Crippen LogP contribution in [0.2, 0.25) is 0 Å². The summed E-state index contributed by atoms with van der Waals surface area (Å²) in [6.45, 7) is 5.98. The third kappa shape index (κ3) is 4.52. The number of alkyl halides is 1. The van der Waals surface area contributed by atoms with Crippen molar-refractivity contribution in [2.75, 3.05) is 49.7 Å². The van der Waals surface area contributed by atoms with E-state index >= 15 is 0 Å². The van der Waals surface area contributed by atoms with Crippen LogP contribution < -0.4 is 15.5 Å². The van der Waals surface area contributed by atoms with Crippen molar-refractivity contribution in [3.05, 3.63) is 35.5 Å². The van der Waals surface area contributed by atoms with E-state index in [0.717, 1.165) is 69.2 Å². The molecule has 9 heteroatoms. The van der Waals surface area contributed by atoms with Gasteiger partial charge in [0.15, 0.2) is 5.82 Å². The van der Waals surface area contributed by atoms with Gasteiger partial charge in [0.05, 0.1) is 31.0 Å². The largest absolute Gasteiger partial charge is 0.377 e. The molecule has 1 aromatic heterocycles. The molecule has 2 N–H and O–H groups in total. The second kappa shape index (κ2) is 9.61. The van der Waals surface area contributed by atoms with Gasteiger partial charge in [-0.05, 0) is 50.1 Å². The maximum Gasteiger partial charge on any atom is 0.319 e. The number of benzene rings is 1. The third-order valence-electron chi connectivity index (χ3n) is 6.84. The SMILES string of the molecule is CCN1CCc2c(nc(-c3ccc(NC(=O)NCCF)cc3)nc2N2C3CCC2COC3)C1. The standard InChI is InChI=1S/C24H31FN6O2/c1-2-30-12-9-20-21(13-30)28-22(29-23(20)31-18-7-8-19(31)15-33-14-18)16-3-5-17(6-4-16)27-24(32)26-11-10-25/h3-6,18-19H,2,7-15H2,1H3,(H2,26,27,32). The minimum absolute atomic E-state index is 0.00599. The van der Waals surface area contributed by atoms with E-state index in [0.29, 0.717) is 23.6 Å². The van der Waals surface area contributed by atoms with Gasteiger partial charge in [0, 0.05) is 36.4 Å². The zero-order valence-corrected chi connectivity index (χ0v) is 19.0. The highest BCUT2D eigenvalue weighted by Gasteiger charge is 2.40. The van der Waals surface area contributed by atoms with E-state index in [2.05, 4.69) is 27.4 Å². The lowest BCUT2D eigenvalue weighted by molar-refractivity contribution is 0.0900. The molecule has 2 saturated heterocycles. The Bertz CT molecular complexity index is 985. The van der Waals surface area contributed by atoms with Crippen LogP contribution in [-0.2, 0) is 17.7 Å². The van der Waals surface area contributed by atoms with Crippen molar-refractivity contribution in [1.29, 1.82) is 0 Å². The number of morpholine rings is 1. The minimum atomic E-state index is -0.593. The summed E-state index contributed by atoms with van der Waals surface area (Å²) in [6.07, 6.45) is 3.25. The molecular formula is C24H31FN6O2. The highest BCUT2D eigenvalue weighted by Crippen LogP contribution is 2.38. The monoisotopic (exact) mass is 454 g/mol. The number of likely N-dealkylation sites (N-methyl/N-ethyl adjacent to an activating group) is 1. The van der Waals surface area contributed by atoms with Gasteiger partial charge in [-0.3, -0.25) is 4.90 Å². The van der Waals surface area contributed by atoms with Gasteiger partial charge in [-0.2, -0.15) is 0 Å². The number of halogens is 1. The Balaban J connectivity index is 1.46. The Morgan fingerprint density at radius 2 is 1.94 bits per heavy atom. The van der Waals surface area contributed by atoms with Crippen molar-refractivity contribution < 1.29 is 13.9 Å². The second-order valence-corrected chi connectivity index (χ2v) is 8.89. The lowest BCUT2D eigenvalue weighted by atomic mass is 10.0. The van der Waals surface area contributed by atoms with Crippen LogP contribution in [-0.4, -0.2) is 72.5 Å². The number of aromatic nitrogens is 2. The predicted octanol–water partition coefficient (Wildman–Crippen LogP) is 2.98. The van der Waals surface area contributed by atoms with Crippen molar-refractivity contribution in [2.24, 2.45) is 0 Å². The molecule has 0 saturated carbocycles. The van der Waals surface area contributed by atoms with Gasteiger partial charge < -0.3 is 20.3 Å². The van der Waals surface area contributed by atoms with Crippen molar-refractivity contribution in [3.63, 3.8) is 0 Å². The first kappa shape index (κ1) is 22.0. The third-order valence-corrected chi connectivity index (χ3v) is 6.84. The van der Waals surface area contributed by atoms with E-state index in [1.165, 1.54) is 5.56 Å². The van der Waals surface area contributed by atoms with Crippen LogP contribution in [0.5, 0.6) is 0 Å². The average Bonchev–Trinajstić information content (AvgIpc) is 3.09. The molecule has 2 fully saturated rings. The van der Waals surface area contributed by atoms with Gasteiger partial charge in [0.2, 0.25) is 0 Å². The van der Waals surface area contributed by atoms with E-state index < -0.39 is 12.7 Å². The first-order valence-electron chi connectivity index (χ1n) is 11.9. The molecule has 1 aromatic carbocycles. The Labute approximate surface area is 193 Å². The number of amides is 2. The molecule has 2 aromatic rings. The first-order valence-corrected chi connectivity index (χ1v) is 11.9. The predicted molar refractivity (Wildman–Crippen MR) is 125 cm³/mol. The fourth-order valence-corrected chi connectivity index (χ4v) is 5.09. The summed E-state index contributed by atoms with van der Waals surface area (Å²) in [5.41, 5.74) is 3.94. The Morgan fingerprint density at radius 3 is 2.64 bits per heavy atom. The van der Waals surface area contributed by atoms with Crippen molar-refractivity contribution >= 4 is 17.5 Å². The Kier molecular flexibility index (Phi) is 6.41. The topological polar surface area (TPSA) is 82.6 Å². The molecule has 8 nitrogen and oxygen atoms in total. The molecule has 0 spiro atoms. The smallest absolute Gasteiger partial charge is 0.319 e. The minimum Gasteiger partial charge on any atom is -0.377 e. The van der Waals surface area contributed by atoms with Crippen LogP contribution in [0.25, 0.3) is 11.4 Å². The van der Waals surface area contributed by atoms with Crippen LogP contribution in [0, 0.1) is 0 Å². The molecule has 0 radical (unpaired) electrons. The fourth-order valence-electron chi connectivity index (χ4n) is 5.09. The van der Waals surface area contributed by atoms with Crippen LogP contribution >= 0.6 is 0 Å². The molecule has 0 aliphatic carbocycles. The molecule has 33 heavy (non-hydrogen) atoms. The van der Waals surface area contributed by atoms with Crippen LogP contribution in [0.1, 0.15) is 31.0 Å². The number of hydrogen-bond acceptors (Lipinski definition) is 6. The van der Waals surface area contributed by atoms with Crippen molar-refractivity contribution in [3.8, 4) is 11.4 Å². The molecule has 2 bridgehead atoms. The van der Waals surface area contributed by atoms with Gasteiger partial charge >= 0.3 is 6.03 Å². The van der Waals surface area contributed by atoms with E-state index in [1.54, 1.807) is 0 Å². The number of urea groups is 1. The Hall–Kier alpha value is -2.78. The molecule has 2 unspecified atom stereocenters. The van der Waals surface area contributed by atoms with Crippen molar-refractivity contribution in [1.82, 2.24) is 20.2 Å². The highest BCUT2D eigenvalue weighted by atomic mass is 19.1. The molecule has 3 aliphatic rings. The van der Waals surface area contributed by atoms with Gasteiger partial charge in [-0.1, -0.05) is 6.92 Å². The molecule has 4 heterocycles. The second-order valence-electron chi connectivity index (χ2n) is 8.89. The number of carbonyl (C=O) groups excluding carboxylic acids is 1. The van der Waals surface area contributed by atoms with Gasteiger partial charge in [0.25, 0.3) is 0 Å². The van der Waals surface area contributed by atoms with Crippen molar-refractivity contribution in [2.45, 2.75) is 44.8 Å². The molecule has 5 rings (SSSR count). The lowest BCUT2D eigenvalue weighted by Gasteiger charge is -2.38. The van der Waals surface area contributed by atoms with Gasteiger partial charge in [-0.25, -0.2) is 19.2 Å². The summed E-state index contributed by atoms with van der Waals surface area (Å²) in [7, 11) is 0. The normalized spacial score (nSPS) is 22.2. The highest BCUT2D eigenvalue weighted by molar-refractivity contribution is 5.89. The summed E-state index contributed by atoms with van der Waals surface area (Å²) in [4.78, 5) is 26.8. The average molecular weight is 455 g/mol. The van der Waals surface area contributed by atoms with Crippen LogP contribution in [0.15, 0.2) is 24.3 Å².